The maximum atomic E-state index is 10.2. The smallest absolute Gasteiger partial charge is 0.182 e. The zero-order valence-electron chi connectivity index (χ0n) is 24.5. The van der Waals surface area contributed by atoms with E-state index in [4.69, 9.17) is 6.57 Å². The number of allylic oxidation sites excluding steroid dienone is 2. The van der Waals surface area contributed by atoms with Gasteiger partial charge in [0.2, 0.25) is 0 Å². The van der Waals surface area contributed by atoms with E-state index in [1.807, 2.05) is 0 Å². The molecule has 0 aromatic carbocycles. The average molecular weight is 518 g/mol. The van der Waals surface area contributed by atoms with Gasteiger partial charge in [-0.05, 0) is 93.8 Å². The van der Waals surface area contributed by atoms with Crippen LogP contribution in [0.15, 0.2) is 11.3 Å². The monoisotopic (exact) mass is 517 g/mol. The molecule has 0 heterocycles. The second kappa shape index (κ2) is 13.8. The van der Waals surface area contributed by atoms with Crippen LogP contribution in [0.3, 0.4) is 0 Å². The van der Waals surface area contributed by atoms with Gasteiger partial charge in [-0.15, -0.1) is 0 Å². The van der Waals surface area contributed by atoms with E-state index in [1.165, 1.54) is 116 Å². The number of fused-ring (bicyclic) bond motifs is 1. The zero-order valence-corrected chi connectivity index (χ0v) is 24.5. The first kappa shape index (κ1) is 28.2. The van der Waals surface area contributed by atoms with Crippen LogP contribution in [-0.4, -0.2) is 23.0 Å². The molecule has 210 valence electrons. The van der Waals surface area contributed by atoms with E-state index in [0.29, 0.717) is 17.9 Å². The lowest BCUT2D eigenvalue weighted by atomic mass is 9.66. The van der Waals surface area contributed by atoms with Crippen molar-refractivity contribution in [2.24, 2.45) is 29.6 Å². The molecule has 0 N–H and O–H groups in total. The van der Waals surface area contributed by atoms with Crippen molar-refractivity contribution in [2.75, 3.05) is 0 Å². The Kier molecular flexibility index (Phi) is 10.3. The van der Waals surface area contributed by atoms with Gasteiger partial charge in [-0.1, -0.05) is 84.0 Å². The summed E-state index contributed by atoms with van der Waals surface area (Å²) in [5.74, 6) is 3.59. The molecule has 0 amide bonds. The van der Waals surface area contributed by atoms with Crippen LogP contribution in [0.25, 0.3) is 4.85 Å². The molecule has 5 saturated carbocycles. The molecule has 0 saturated heterocycles. The fraction of sp³-hybridized carbons (Fsp3) is 0.886. The van der Waals surface area contributed by atoms with Crippen molar-refractivity contribution >= 4 is 0 Å². The molecule has 0 aromatic heterocycles. The van der Waals surface area contributed by atoms with E-state index in [0.717, 1.165) is 66.8 Å². The first-order valence-electron chi connectivity index (χ1n) is 17.0. The Hall–Kier alpha value is -1.32. The number of hydrogen-bond donors (Lipinski definition) is 0. The summed E-state index contributed by atoms with van der Waals surface area (Å²) >= 11 is 0. The summed E-state index contributed by atoms with van der Waals surface area (Å²) in [6.45, 7) is 10.3. The van der Waals surface area contributed by atoms with Crippen molar-refractivity contribution in [2.45, 2.75) is 166 Å². The van der Waals surface area contributed by atoms with Crippen molar-refractivity contribution in [3.8, 4) is 6.07 Å². The highest BCUT2D eigenvalue weighted by molar-refractivity contribution is 5.36. The van der Waals surface area contributed by atoms with Crippen LogP contribution in [0, 0.1) is 47.5 Å². The maximum absolute atomic E-state index is 10.2. The standard InChI is InChI=1S/C35H55N3/c1-3-10-26-17-21-30(22-18-26)38(34-16-9-14-27-11-7-8-15-32(27)34)31-23-19-28(20-24-31)33(25-36)35(37-2)29-12-5-4-6-13-29/h26-32,34H,3-24H2,1H3/b35-33-. The van der Waals surface area contributed by atoms with Crippen LogP contribution in [-0.2, 0) is 0 Å². The van der Waals surface area contributed by atoms with E-state index in [1.54, 1.807) is 0 Å². The third-order valence-corrected chi connectivity index (χ3v) is 11.9. The lowest BCUT2D eigenvalue weighted by Crippen LogP contribution is -2.56. The molecule has 0 bridgehead atoms. The zero-order chi connectivity index (χ0) is 26.3. The molecular formula is C35H55N3. The summed E-state index contributed by atoms with van der Waals surface area (Å²) in [4.78, 5) is 7.18. The van der Waals surface area contributed by atoms with Gasteiger partial charge in [0.15, 0.2) is 5.70 Å². The predicted octanol–water partition coefficient (Wildman–Crippen LogP) is 9.84. The lowest BCUT2D eigenvalue weighted by molar-refractivity contribution is -0.0381. The van der Waals surface area contributed by atoms with E-state index in [9.17, 15) is 5.26 Å². The Labute approximate surface area is 234 Å². The average Bonchev–Trinajstić information content (AvgIpc) is 2.98. The summed E-state index contributed by atoms with van der Waals surface area (Å²) in [5, 5.41) is 10.2. The van der Waals surface area contributed by atoms with Gasteiger partial charge in [-0.25, -0.2) is 4.85 Å². The molecule has 5 aliphatic carbocycles. The molecule has 0 aliphatic heterocycles. The summed E-state index contributed by atoms with van der Waals surface area (Å²) in [5.41, 5.74) is 1.75. The molecule has 3 atom stereocenters. The minimum Gasteiger partial charge on any atom is -0.294 e. The quantitative estimate of drug-likeness (QED) is 0.248. The number of nitrogens with zero attached hydrogens (tertiary/aromatic N) is 3. The predicted molar refractivity (Wildman–Crippen MR) is 157 cm³/mol. The van der Waals surface area contributed by atoms with Crippen molar-refractivity contribution in [1.82, 2.24) is 4.90 Å². The molecular weight excluding hydrogens is 462 g/mol. The normalized spacial score (nSPS) is 37.5. The fourth-order valence-corrected chi connectivity index (χ4v) is 10.0. The van der Waals surface area contributed by atoms with E-state index in [2.05, 4.69) is 22.7 Å². The molecule has 0 radical (unpaired) electrons. The van der Waals surface area contributed by atoms with Crippen LogP contribution < -0.4 is 0 Å². The Morgan fingerprint density at radius 2 is 1.37 bits per heavy atom. The summed E-state index contributed by atoms with van der Waals surface area (Å²) in [6.07, 6.45) is 29.5. The minimum absolute atomic E-state index is 0.332. The Morgan fingerprint density at radius 3 is 2.03 bits per heavy atom. The lowest BCUT2D eigenvalue weighted by Gasteiger charge is -2.54. The largest absolute Gasteiger partial charge is 0.294 e. The van der Waals surface area contributed by atoms with Crippen molar-refractivity contribution in [1.29, 1.82) is 5.26 Å². The van der Waals surface area contributed by atoms with E-state index in [-0.39, 0.29) is 0 Å². The van der Waals surface area contributed by atoms with Crippen LogP contribution >= 0.6 is 0 Å². The second-order valence-corrected chi connectivity index (χ2v) is 14.0. The Balaban J connectivity index is 1.32. The first-order valence-corrected chi connectivity index (χ1v) is 17.0. The van der Waals surface area contributed by atoms with Crippen LogP contribution in [0.5, 0.6) is 0 Å². The molecule has 5 rings (SSSR count). The molecule has 5 fully saturated rings. The van der Waals surface area contributed by atoms with Gasteiger partial charge < -0.3 is 0 Å². The molecule has 3 heteroatoms. The van der Waals surface area contributed by atoms with Gasteiger partial charge in [-0.3, -0.25) is 4.90 Å². The van der Waals surface area contributed by atoms with E-state index >= 15 is 0 Å². The van der Waals surface area contributed by atoms with Crippen molar-refractivity contribution < 1.29 is 0 Å². The van der Waals surface area contributed by atoms with Crippen molar-refractivity contribution in [3.05, 3.63) is 22.7 Å². The second-order valence-electron chi connectivity index (χ2n) is 14.0. The summed E-state index contributed by atoms with van der Waals surface area (Å²) in [7, 11) is 0. The highest BCUT2D eigenvalue weighted by Crippen LogP contribution is 2.47. The van der Waals surface area contributed by atoms with Crippen molar-refractivity contribution in [3.63, 3.8) is 0 Å². The van der Waals surface area contributed by atoms with Gasteiger partial charge in [0.1, 0.15) is 0 Å². The maximum Gasteiger partial charge on any atom is 0.182 e. The van der Waals surface area contributed by atoms with Gasteiger partial charge >= 0.3 is 0 Å². The number of hydrogen-bond acceptors (Lipinski definition) is 2. The fourth-order valence-electron chi connectivity index (χ4n) is 10.0. The molecule has 0 aromatic rings. The summed E-state index contributed by atoms with van der Waals surface area (Å²) in [6, 6.07) is 4.91. The van der Waals surface area contributed by atoms with Crippen LogP contribution in [0.2, 0.25) is 0 Å². The van der Waals surface area contributed by atoms with Gasteiger partial charge in [0, 0.05) is 23.7 Å². The third-order valence-electron chi connectivity index (χ3n) is 11.9. The third kappa shape index (κ3) is 6.35. The van der Waals surface area contributed by atoms with Crippen LogP contribution in [0.4, 0.5) is 0 Å². The highest BCUT2D eigenvalue weighted by atomic mass is 15.2. The first-order chi connectivity index (χ1) is 18.7. The Morgan fingerprint density at radius 1 is 0.737 bits per heavy atom. The molecule has 0 spiro atoms. The van der Waals surface area contributed by atoms with E-state index < -0.39 is 0 Å². The SMILES string of the molecule is [C-]#[N+]/C(=C(/C#N)C1CCC(N(C2CCC(CCC)CC2)C2CCCC3CCCCC32)CC1)C1CCCCC1. The van der Waals surface area contributed by atoms with Gasteiger partial charge in [0.25, 0.3) is 0 Å². The van der Waals surface area contributed by atoms with Crippen LogP contribution in [0.1, 0.15) is 148 Å². The highest BCUT2D eigenvalue weighted by Gasteiger charge is 2.44. The van der Waals surface area contributed by atoms with Gasteiger partial charge in [0.05, 0.1) is 12.6 Å². The topological polar surface area (TPSA) is 31.4 Å². The molecule has 5 aliphatic rings. The Bertz CT molecular complexity index is 853. The minimum atomic E-state index is 0.332. The van der Waals surface area contributed by atoms with Gasteiger partial charge in [-0.2, -0.15) is 5.26 Å². The number of nitriles is 1. The summed E-state index contributed by atoms with van der Waals surface area (Å²) < 4.78 is 0. The molecule has 38 heavy (non-hydrogen) atoms. The number of rotatable bonds is 7. The molecule has 3 nitrogen and oxygen atoms in total. The molecule has 3 unspecified atom stereocenters.